The van der Waals surface area contributed by atoms with Gasteiger partial charge in [-0.05, 0) is 24.5 Å². The zero-order valence-electron chi connectivity index (χ0n) is 11.6. The molecule has 1 heterocycles. The summed E-state index contributed by atoms with van der Waals surface area (Å²) in [7, 11) is 0. The molecule has 0 fully saturated rings. The molecule has 0 unspecified atom stereocenters. The number of nitrogens with zero attached hydrogens (tertiary/aromatic N) is 1. The van der Waals surface area contributed by atoms with Crippen molar-refractivity contribution < 1.29 is 4.79 Å². The largest absolute Gasteiger partial charge is 0.292 e. The third-order valence-corrected chi connectivity index (χ3v) is 2.86. The first-order valence-electron chi connectivity index (χ1n) is 6.52. The number of fused-ring (bicyclic) bond motifs is 1. The number of carbonyl (C=O) groups excluding carboxylic acids is 1. The van der Waals surface area contributed by atoms with Gasteiger partial charge in [-0.2, -0.15) is 0 Å². The minimum Gasteiger partial charge on any atom is -0.292 e. The lowest BCUT2D eigenvalue weighted by Crippen LogP contribution is -2.19. The summed E-state index contributed by atoms with van der Waals surface area (Å²) in [4.78, 5) is 16.2. The molecule has 2 heteroatoms. The number of hydrogen-bond donors (Lipinski definition) is 0. The Balaban J connectivity index is 0.000000686. The normalized spacial score (nSPS) is 14.8. The van der Waals surface area contributed by atoms with Crippen LogP contribution < -0.4 is 0 Å². The molecule has 0 atom stereocenters. The summed E-state index contributed by atoms with van der Waals surface area (Å²) in [5, 5.41) is 0. The molecular formula is C15H23NO. The van der Waals surface area contributed by atoms with Crippen LogP contribution in [-0.2, 0) is 11.8 Å². The number of aryl methyl sites for hydroxylation is 1. The highest BCUT2D eigenvalue weighted by Crippen LogP contribution is 2.25. The molecule has 17 heavy (non-hydrogen) atoms. The van der Waals surface area contributed by atoms with E-state index in [0.717, 1.165) is 24.1 Å². The highest BCUT2D eigenvalue weighted by molar-refractivity contribution is 5.96. The van der Waals surface area contributed by atoms with Gasteiger partial charge in [0.25, 0.3) is 0 Å². The Labute approximate surface area is 104 Å². The summed E-state index contributed by atoms with van der Waals surface area (Å²) in [6.07, 6.45) is 2.63. The van der Waals surface area contributed by atoms with Crippen molar-refractivity contribution >= 4 is 5.78 Å². The Morgan fingerprint density at radius 2 is 1.76 bits per heavy atom. The minimum absolute atomic E-state index is 0.0206. The average Bonchev–Trinajstić information content (AvgIpc) is 2.30. The number of hydrogen-bond acceptors (Lipinski definition) is 2. The number of carbonyl (C=O) groups is 1. The highest BCUT2D eigenvalue weighted by Gasteiger charge is 2.22. The van der Waals surface area contributed by atoms with Crippen LogP contribution in [0.4, 0.5) is 0 Å². The quantitative estimate of drug-likeness (QED) is 0.679. The molecule has 0 bridgehead atoms. The van der Waals surface area contributed by atoms with Crippen molar-refractivity contribution in [2.24, 2.45) is 0 Å². The molecule has 1 aromatic rings. The number of Topliss-reactive ketones (excluding diaryl/α,β-unsaturated/α-hetero) is 1. The van der Waals surface area contributed by atoms with Crippen molar-refractivity contribution in [1.29, 1.82) is 0 Å². The Hall–Kier alpha value is -1.18. The van der Waals surface area contributed by atoms with E-state index < -0.39 is 0 Å². The number of ketones is 1. The summed E-state index contributed by atoms with van der Waals surface area (Å²) in [5.74, 6) is 0.211. The predicted molar refractivity (Wildman–Crippen MR) is 71.6 cm³/mol. The second-order valence-corrected chi connectivity index (χ2v) is 5.23. The Morgan fingerprint density at radius 1 is 1.12 bits per heavy atom. The van der Waals surface area contributed by atoms with Crippen molar-refractivity contribution in [3.05, 3.63) is 29.1 Å². The van der Waals surface area contributed by atoms with Gasteiger partial charge in [-0.25, -0.2) is 4.98 Å². The Bertz CT molecular complexity index is 402. The molecule has 0 spiro atoms. The lowest BCUT2D eigenvalue weighted by atomic mass is 9.88. The third kappa shape index (κ3) is 3.15. The maximum absolute atomic E-state index is 11.7. The lowest BCUT2D eigenvalue weighted by molar-refractivity contribution is 0.0966. The van der Waals surface area contributed by atoms with Crippen LogP contribution in [0.3, 0.4) is 0 Å². The fraction of sp³-hybridized carbons (Fsp3) is 0.600. The number of rotatable bonds is 0. The first-order valence-corrected chi connectivity index (χ1v) is 6.52. The van der Waals surface area contributed by atoms with Crippen LogP contribution in [0.25, 0.3) is 0 Å². The Morgan fingerprint density at radius 3 is 2.35 bits per heavy atom. The SMILES string of the molecule is CC.CC(C)(C)c1ccc2c(n1)C(=O)CCC2. The monoisotopic (exact) mass is 233 g/mol. The van der Waals surface area contributed by atoms with Crippen molar-refractivity contribution in [3.63, 3.8) is 0 Å². The van der Waals surface area contributed by atoms with Gasteiger partial charge in [0.2, 0.25) is 0 Å². The molecule has 1 aromatic heterocycles. The lowest BCUT2D eigenvalue weighted by Gasteiger charge is -2.21. The van der Waals surface area contributed by atoms with Crippen LogP contribution in [0.1, 0.15) is 69.2 Å². The molecule has 0 N–H and O–H groups in total. The number of aromatic nitrogens is 1. The van der Waals surface area contributed by atoms with Gasteiger partial charge in [-0.1, -0.05) is 40.7 Å². The third-order valence-electron chi connectivity index (χ3n) is 2.86. The molecule has 1 aliphatic rings. The summed E-state index contributed by atoms with van der Waals surface area (Å²) >= 11 is 0. The van der Waals surface area contributed by atoms with Gasteiger partial charge < -0.3 is 0 Å². The topological polar surface area (TPSA) is 30.0 Å². The van der Waals surface area contributed by atoms with Crippen molar-refractivity contribution in [3.8, 4) is 0 Å². The van der Waals surface area contributed by atoms with E-state index in [1.54, 1.807) is 0 Å². The second-order valence-electron chi connectivity index (χ2n) is 5.23. The van der Waals surface area contributed by atoms with Gasteiger partial charge in [-0.15, -0.1) is 0 Å². The molecule has 0 aliphatic heterocycles. The van der Waals surface area contributed by atoms with Crippen LogP contribution in [0.15, 0.2) is 12.1 Å². The summed E-state index contributed by atoms with van der Waals surface area (Å²) in [6, 6.07) is 4.12. The fourth-order valence-electron chi connectivity index (χ4n) is 1.91. The predicted octanol–water partition coefficient (Wildman–Crippen LogP) is 3.92. The zero-order chi connectivity index (χ0) is 13.1. The smallest absolute Gasteiger partial charge is 0.181 e. The average molecular weight is 233 g/mol. The molecule has 0 radical (unpaired) electrons. The maximum Gasteiger partial charge on any atom is 0.181 e. The van der Waals surface area contributed by atoms with Gasteiger partial charge in [0, 0.05) is 17.5 Å². The van der Waals surface area contributed by atoms with Gasteiger partial charge in [-0.3, -0.25) is 4.79 Å². The first kappa shape index (κ1) is 13.9. The molecule has 0 aromatic carbocycles. The minimum atomic E-state index is 0.0206. The second kappa shape index (κ2) is 5.44. The summed E-state index contributed by atoms with van der Waals surface area (Å²) in [6.45, 7) is 10.4. The van der Waals surface area contributed by atoms with Gasteiger partial charge in [0.05, 0.1) is 0 Å². The molecule has 0 saturated carbocycles. The van der Waals surface area contributed by atoms with E-state index in [4.69, 9.17) is 0 Å². The zero-order valence-corrected chi connectivity index (χ0v) is 11.6. The molecule has 1 aliphatic carbocycles. The Kier molecular flexibility index (Phi) is 4.44. The molecular weight excluding hydrogens is 210 g/mol. The first-order chi connectivity index (χ1) is 7.98. The standard InChI is InChI=1S/C13H17NO.C2H6/c1-13(2,3)11-8-7-9-5-4-6-10(15)12(9)14-11;1-2/h7-8H,4-6H2,1-3H3;1-2H3. The molecule has 2 rings (SSSR count). The van der Waals surface area contributed by atoms with E-state index in [0.29, 0.717) is 12.1 Å². The van der Waals surface area contributed by atoms with E-state index in [-0.39, 0.29) is 11.2 Å². The summed E-state index contributed by atoms with van der Waals surface area (Å²) in [5.41, 5.74) is 2.87. The van der Waals surface area contributed by atoms with Crippen LogP contribution in [0.5, 0.6) is 0 Å². The van der Waals surface area contributed by atoms with Gasteiger partial charge in [0.1, 0.15) is 5.69 Å². The van der Waals surface area contributed by atoms with E-state index in [2.05, 4.69) is 37.9 Å². The van der Waals surface area contributed by atoms with Crippen LogP contribution >= 0.6 is 0 Å². The van der Waals surface area contributed by atoms with Gasteiger partial charge in [0.15, 0.2) is 5.78 Å². The maximum atomic E-state index is 11.7. The van der Waals surface area contributed by atoms with Crippen LogP contribution in [0, 0.1) is 0 Å². The molecule has 0 amide bonds. The number of pyridine rings is 1. The fourth-order valence-corrected chi connectivity index (χ4v) is 1.91. The van der Waals surface area contributed by atoms with E-state index >= 15 is 0 Å². The van der Waals surface area contributed by atoms with Gasteiger partial charge >= 0.3 is 0 Å². The molecule has 2 nitrogen and oxygen atoms in total. The highest BCUT2D eigenvalue weighted by atomic mass is 16.1. The molecule has 94 valence electrons. The summed E-state index contributed by atoms with van der Waals surface area (Å²) < 4.78 is 0. The van der Waals surface area contributed by atoms with Crippen LogP contribution in [-0.4, -0.2) is 10.8 Å². The van der Waals surface area contributed by atoms with E-state index in [1.807, 2.05) is 13.8 Å². The van der Waals surface area contributed by atoms with Crippen LogP contribution in [0.2, 0.25) is 0 Å². The van der Waals surface area contributed by atoms with Crippen molar-refractivity contribution in [2.75, 3.05) is 0 Å². The molecule has 0 saturated heterocycles. The van der Waals surface area contributed by atoms with Crippen molar-refractivity contribution in [1.82, 2.24) is 4.98 Å². The van der Waals surface area contributed by atoms with E-state index in [1.165, 1.54) is 0 Å². The van der Waals surface area contributed by atoms with E-state index in [9.17, 15) is 4.79 Å². The van der Waals surface area contributed by atoms with Crippen molar-refractivity contribution in [2.45, 2.75) is 59.3 Å².